The van der Waals surface area contributed by atoms with Crippen LogP contribution in [0.15, 0.2) is 137 Å². The van der Waals surface area contributed by atoms with Crippen LogP contribution in [-0.2, 0) is 0 Å². The van der Waals surface area contributed by atoms with Crippen molar-refractivity contribution in [2.75, 3.05) is 0 Å². The predicted octanol–water partition coefficient (Wildman–Crippen LogP) is 11.6. The molecular formula is C38H22OS. The minimum Gasteiger partial charge on any atom is -0.455 e. The fraction of sp³-hybridized carbons (Fsp3) is 0. The highest BCUT2D eigenvalue weighted by Crippen LogP contribution is 2.49. The zero-order chi connectivity index (χ0) is 26.2. The standard InChI is InChI=1S/C38H22OS/c1-2-12-24-23(10-1)11-9-18-25(24)35-26-13-3-5-15-28(26)36(29-16-6-4-14-27(29)35)32-22-34-31(20-21-40-34)38-37(32)30-17-7-8-19-33(30)39-38/h1-22H. The van der Waals surface area contributed by atoms with Crippen LogP contribution in [0.4, 0.5) is 0 Å². The maximum atomic E-state index is 6.56. The second kappa shape index (κ2) is 8.29. The molecule has 0 radical (unpaired) electrons. The molecule has 0 aliphatic carbocycles. The summed E-state index contributed by atoms with van der Waals surface area (Å²) in [5, 5.41) is 13.3. The number of furan rings is 1. The van der Waals surface area contributed by atoms with Crippen LogP contribution in [0.5, 0.6) is 0 Å². The Kier molecular flexibility index (Phi) is 4.55. The minimum absolute atomic E-state index is 0.929. The van der Waals surface area contributed by atoms with Crippen molar-refractivity contribution >= 4 is 75.7 Å². The first kappa shape index (κ1) is 22.0. The van der Waals surface area contributed by atoms with E-state index in [0.717, 1.165) is 16.6 Å². The van der Waals surface area contributed by atoms with Crippen molar-refractivity contribution in [1.82, 2.24) is 0 Å². The topological polar surface area (TPSA) is 13.1 Å². The summed E-state index contributed by atoms with van der Waals surface area (Å²) in [6.45, 7) is 0. The van der Waals surface area contributed by atoms with Crippen LogP contribution in [0, 0.1) is 0 Å². The number of hydrogen-bond donors (Lipinski definition) is 0. The molecule has 0 saturated heterocycles. The number of rotatable bonds is 2. The molecule has 9 aromatic rings. The van der Waals surface area contributed by atoms with Gasteiger partial charge in [-0.2, -0.15) is 0 Å². The van der Waals surface area contributed by atoms with Crippen LogP contribution in [0.2, 0.25) is 0 Å². The molecule has 2 aromatic heterocycles. The van der Waals surface area contributed by atoms with E-state index in [9.17, 15) is 0 Å². The Morgan fingerprint density at radius 3 is 1.75 bits per heavy atom. The SMILES string of the molecule is c1ccc2c(-c3c4ccccc4c(-c4cc5sccc5c5oc6ccccc6c45)c4ccccc34)cccc2c1. The molecule has 1 nitrogen and oxygen atoms in total. The molecule has 0 fully saturated rings. The third kappa shape index (κ3) is 2.97. The smallest absolute Gasteiger partial charge is 0.144 e. The van der Waals surface area contributed by atoms with Crippen LogP contribution < -0.4 is 0 Å². The molecule has 2 heterocycles. The van der Waals surface area contributed by atoms with Gasteiger partial charge in [0.1, 0.15) is 11.2 Å². The van der Waals surface area contributed by atoms with Crippen molar-refractivity contribution in [3.05, 3.63) is 133 Å². The van der Waals surface area contributed by atoms with E-state index in [1.807, 2.05) is 0 Å². The summed E-state index contributed by atoms with van der Waals surface area (Å²) in [5.41, 5.74) is 6.95. The van der Waals surface area contributed by atoms with Crippen molar-refractivity contribution in [2.24, 2.45) is 0 Å². The monoisotopic (exact) mass is 526 g/mol. The normalized spacial score (nSPS) is 12.0. The van der Waals surface area contributed by atoms with Gasteiger partial charge in [-0.3, -0.25) is 0 Å². The molecule has 0 bridgehead atoms. The number of benzene rings is 7. The van der Waals surface area contributed by atoms with Gasteiger partial charge in [0.05, 0.1) is 0 Å². The molecule has 0 spiro atoms. The van der Waals surface area contributed by atoms with Gasteiger partial charge in [-0.05, 0) is 78.2 Å². The van der Waals surface area contributed by atoms with Crippen molar-refractivity contribution in [2.45, 2.75) is 0 Å². The molecule has 0 aliphatic rings. The molecule has 7 aromatic carbocycles. The van der Waals surface area contributed by atoms with E-state index >= 15 is 0 Å². The molecule has 186 valence electrons. The summed E-state index contributed by atoms with van der Waals surface area (Å²) >= 11 is 1.77. The Morgan fingerprint density at radius 1 is 0.450 bits per heavy atom. The average molecular weight is 527 g/mol. The van der Waals surface area contributed by atoms with Gasteiger partial charge in [0, 0.05) is 20.9 Å². The third-order valence-corrected chi connectivity index (χ3v) is 9.20. The fourth-order valence-corrected chi connectivity index (χ4v) is 7.50. The molecule has 0 atom stereocenters. The first-order valence-electron chi connectivity index (χ1n) is 13.6. The van der Waals surface area contributed by atoms with Crippen molar-refractivity contribution < 1.29 is 4.42 Å². The first-order chi connectivity index (χ1) is 19.9. The zero-order valence-electron chi connectivity index (χ0n) is 21.5. The fourth-order valence-electron chi connectivity index (χ4n) is 6.68. The number of hydrogen-bond acceptors (Lipinski definition) is 2. The van der Waals surface area contributed by atoms with Crippen LogP contribution in [-0.4, -0.2) is 0 Å². The number of fused-ring (bicyclic) bond motifs is 8. The molecule has 0 amide bonds. The van der Waals surface area contributed by atoms with E-state index in [2.05, 4.69) is 133 Å². The Morgan fingerprint density at radius 2 is 1.02 bits per heavy atom. The number of thiophene rings is 1. The Bertz CT molecular complexity index is 2380. The van der Waals surface area contributed by atoms with E-state index in [1.54, 1.807) is 11.3 Å². The highest BCUT2D eigenvalue weighted by Gasteiger charge is 2.22. The van der Waals surface area contributed by atoms with Gasteiger partial charge < -0.3 is 4.42 Å². The van der Waals surface area contributed by atoms with Gasteiger partial charge >= 0.3 is 0 Å². The van der Waals surface area contributed by atoms with Crippen molar-refractivity contribution in [3.63, 3.8) is 0 Å². The van der Waals surface area contributed by atoms with Gasteiger partial charge in [-0.15, -0.1) is 11.3 Å². The van der Waals surface area contributed by atoms with Gasteiger partial charge in [0.2, 0.25) is 0 Å². The molecule has 40 heavy (non-hydrogen) atoms. The quantitative estimate of drug-likeness (QED) is 0.204. The number of para-hydroxylation sites is 1. The third-order valence-electron chi connectivity index (χ3n) is 8.34. The van der Waals surface area contributed by atoms with Crippen LogP contribution in [0.1, 0.15) is 0 Å². The van der Waals surface area contributed by atoms with E-state index in [0.29, 0.717) is 0 Å². The van der Waals surface area contributed by atoms with Gasteiger partial charge in [0.25, 0.3) is 0 Å². The van der Waals surface area contributed by atoms with Gasteiger partial charge in [0.15, 0.2) is 0 Å². The average Bonchev–Trinajstić information content (AvgIpc) is 3.64. The van der Waals surface area contributed by atoms with Gasteiger partial charge in [-0.25, -0.2) is 0 Å². The Labute approximate surface area is 234 Å². The summed E-state index contributed by atoms with van der Waals surface area (Å²) in [6, 6.07) is 46.2. The maximum absolute atomic E-state index is 6.56. The molecule has 9 rings (SSSR count). The summed E-state index contributed by atoms with van der Waals surface area (Å²) in [7, 11) is 0. The van der Waals surface area contributed by atoms with Crippen molar-refractivity contribution in [3.8, 4) is 22.3 Å². The van der Waals surface area contributed by atoms with E-state index in [4.69, 9.17) is 4.42 Å². The van der Waals surface area contributed by atoms with E-state index in [-0.39, 0.29) is 0 Å². The highest BCUT2D eigenvalue weighted by molar-refractivity contribution is 7.17. The molecular weight excluding hydrogens is 504 g/mol. The molecule has 2 heteroatoms. The lowest BCUT2D eigenvalue weighted by Crippen LogP contribution is -1.92. The highest BCUT2D eigenvalue weighted by atomic mass is 32.1. The minimum atomic E-state index is 0.929. The Balaban J connectivity index is 1.52. The molecule has 0 unspecified atom stereocenters. The van der Waals surface area contributed by atoms with Crippen LogP contribution >= 0.6 is 11.3 Å². The first-order valence-corrected chi connectivity index (χ1v) is 14.5. The molecule has 0 saturated carbocycles. The summed E-state index contributed by atoms with van der Waals surface area (Å²) < 4.78 is 7.80. The lowest BCUT2D eigenvalue weighted by atomic mass is 9.84. The molecule has 0 aliphatic heterocycles. The lowest BCUT2D eigenvalue weighted by molar-refractivity contribution is 0.673. The van der Waals surface area contributed by atoms with Crippen LogP contribution in [0.3, 0.4) is 0 Å². The summed E-state index contributed by atoms with van der Waals surface area (Å²) in [6.07, 6.45) is 0. The summed E-state index contributed by atoms with van der Waals surface area (Å²) in [4.78, 5) is 0. The zero-order valence-corrected chi connectivity index (χ0v) is 22.3. The predicted molar refractivity (Wildman–Crippen MR) is 172 cm³/mol. The second-order valence-corrected chi connectivity index (χ2v) is 11.4. The van der Waals surface area contributed by atoms with E-state index in [1.165, 1.54) is 70.0 Å². The van der Waals surface area contributed by atoms with Gasteiger partial charge in [-0.1, -0.05) is 109 Å². The van der Waals surface area contributed by atoms with Crippen LogP contribution in [0.25, 0.3) is 86.6 Å². The van der Waals surface area contributed by atoms with E-state index < -0.39 is 0 Å². The summed E-state index contributed by atoms with van der Waals surface area (Å²) in [5.74, 6) is 0. The van der Waals surface area contributed by atoms with Crippen molar-refractivity contribution in [1.29, 1.82) is 0 Å². The second-order valence-electron chi connectivity index (χ2n) is 10.4. The molecule has 0 N–H and O–H groups in total. The largest absolute Gasteiger partial charge is 0.455 e. The Hall–Kier alpha value is -4.92. The lowest BCUT2D eigenvalue weighted by Gasteiger charge is -2.19. The maximum Gasteiger partial charge on any atom is 0.144 e.